The van der Waals surface area contributed by atoms with E-state index < -0.39 is 17.7 Å². The lowest BCUT2D eigenvalue weighted by Crippen LogP contribution is -2.35. The summed E-state index contributed by atoms with van der Waals surface area (Å²) in [4.78, 5) is 24.4. The van der Waals surface area contributed by atoms with Crippen LogP contribution >= 0.6 is 0 Å². The molecule has 1 aromatic rings. The first kappa shape index (κ1) is 13.3. The first-order valence-corrected chi connectivity index (χ1v) is 5.97. The first-order chi connectivity index (χ1) is 8.99. The smallest absolute Gasteiger partial charge is 0.335 e. The maximum Gasteiger partial charge on any atom is 0.335 e. The highest BCUT2D eigenvalue weighted by atomic mass is 19.1. The van der Waals surface area contributed by atoms with Crippen molar-refractivity contribution in [1.29, 1.82) is 0 Å². The van der Waals surface area contributed by atoms with Crippen LogP contribution < -0.4 is 0 Å². The van der Waals surface area contributed by atoms with Gasteiger partial charge < -0.3 is 10.0 Å². The van der Waals surface area contributed by atoms with Gasteiger partial charge in [-0.05, 0) is 31.5 Å². The van der Waals surface area contributed by atoms with Gasteiger partial charge in [-0.3, -0.25) is 4.79 Å². The van der Waals surface area contributed by atoms with Gasteiger partial charge >= 0.3 is 5.97 Å². The molecule has 0 spiro atoms. The Morgan fingerprint density at radius 1 is 1.37 bits per heavy atom. The van der Waals surface area contributed by atoms with Crippen molar-refractivity contribution in [3.63, 3.8) is 0 Å². The van der Waals surface area contributed by atoms with Gasteiger partial charge in [-0.15, -0.1) is 0 Å². The fraction of sp³-hybridized carbons (Fsp3) is 0.286. The Bertz CT molecular complexity index is 566. The maximum atomic E-state index is 13.8. The number of carbonyl (C=O) groups is 2. The van der Waals surface area contributed by atoms with Gasteiger partial charge in [0.1, 0.15) is 5.82 Å². The van der Waals surface area contributed by atoms with Crippen LogP contribution in [0.15, 0.2) is 29.8 Å². The SMILES string of the molecule is CC1=CCN(C(=O)c2ccc(C(=O)O)cc2F)CC1. The van der Waals surface area contributed by atoms with E-state index in [1.54, 1.807) is 4.90 Å². The molecule has 0 saturated carbocycles. The van der Waals surface area contributed by atoms with Gasteiger partial charge in [-0.2, -0.15) is 0 Å². The lowest BCUT2D eigenvalue weighted by Gasteiger charge is -2.25. The lowest BCUT2D eigenvalue weighted by molar-refractivity contribution is 0.0693. The van der Waals surface area contributed by atoms with Crippen molar-refractivity contribution in [3.05, 3.63) is 46.8 Å². The quantitative estimate of drug-likeness (QED) is 0.833. The highest BCUT2D eigenvalue weighted by Crippen LogP contribution is 2.16. The summed E-state index contributed by atoms with van der Waals surface area (Å²) in [6.07, 6.45) is 2.71. The second-order valence-corrected chi connectivity index (χ2v) is 4.55. The molecular weight excluding hydrogens is 249 g/mol. The predicted octanol–water partition coefficient (Wildman–Crippen LogP) is 2.32. The molecule has 1 aliphatic rings. The average molecular weight is 263 g/mol. The number of carbonyl (C=O) groups excluding carboxylic acids is 1. The Morgan fingerprint density at radius 3 is 2.63 bits per heavy atom. The van der Waals surface area contributed by atoms with Crippen LogP contribution in [0.5, 0.6) is 0 Å². The summed E-state index contributed by atoms with van der Waals surface area (Å²) < 4.78 is 13.8. The molecule has 1 aliphatic heterocycles. The zero-order valence-corrected chi connectivity index (χ0v) is 10.5. The van der Waals surface area contributed by atoms with E-state index in [4.69, 9.17) is 5.11 Å². The molecule has 100 valence electrons. The Labute approximate surface area is 110 Å². The summed E-state index contributed by atoms with van der Waals surface area (Å²) in [5, 5.41) is 8.75. The second-order valence-electron chi connectivity index (χ2n) is 4.55. The van der Waals surface area contributed by atoms with Gasteiger partial charge in [0.15, 0.2) is 0 Å². The summed E-state index contributed by atoms with van der Waals surface area (Å²) in [6.45, 7) is 3.01. The number of aromatic carboxylic acids is 1. The largest absolute Gasteiger partial charge is 0.478 e. The molecule has 0 bridgehead atoms. The van der Waals surface area contributed by atoms with Crippen LogP contribution in [-0.4, -0.2) is 35.0 Å². The minimum Gasteiger partial charge on any atom is -0.478 e. The number of carboxylic acids is 1. The van der Waals surface area contributed by atoms with E-state index in [1.165, 1.54) is 17.7 Å². The van der Waals surface area contributed by atoms with Crippen LogP contribution in [0, 0.1) is 5.82 Å². The molecule has 0 radical (unpaired) electrons. The van der Waals surface area contributed by atoms with Crippen LogP contribution in [0.2, 0.25) is 0 Å². The number of rotatable bonds is 2. The zero-order chi connectivity index (χ0) is 14.0. The normalized spacial score (nSPS) is 15.1. The Hall–Kier alpha value is -2.17. The van der Waals surface area contributed by atoms with Gasteiger partial charge in [0.2, 0.25) is 0 Å². The van der Waals surface area contributed by atoms with Gasteiger partial charge in [-0.1, -0.05) is 11.6 Å². The van der Waals surface area contributed by atoms with Gasteiger partial charge in [-0.25, -0.2) is 9.18 Å². The third-order valence-electron chi connectivity index (χ3n) is 3.17. The topological polar surface area (TPSA) is 57.6 Å². The Balaban J connectivity index is 2.22. The van der Waals surface area contributed by atoms with E-state index in [2.05, 4.69) is 0 Å². The van der Waals surface area contributed by atoms with Crippen molar-refractivity contribution in [2.24, 2.45) is 0 Å². The van der Waals surface area contributed by atoms with E-state index >= 15 is 0 Å². The lowest BCUT2D eigenvalue weighted by atomic mass is 10.1. The molecule has 0 aliphatic carbocycles. The third-order valence-corrected chi connectivity index (χ3v) is 3.17. The fourth-order valence-electron chi connectivity index (χ4n) is 1.95. The number of carboxylic acid groups (broad SMARTS) is 1. The highest BCUT2D eigenvalue weighted by Gasteiger charge is 2.21. The minimum absolute atomic E-state index is 0.0852. The van der Waals surface area contributed by atoms with E-state index in [0.717, 1.165) is 12.5 Å². The highest BCUT2D eigenvalue weighted by molar-refractivity contribution is 5.96. The molecule has 0 aromatic heterocycles. The van der Waals surface area contributed by atoms with Crippen LogP contribution in [0.4, 0.5) is 4.39 Å². The molecule has 1 heterocycles. The van der Waals surface area contributed by atoms with Gasteiger partial charge in [0.05, 0.1) is 11.1 Å². The molecule has 0 atom stereocenters. The Kier molecular flexibility index (Phi) is 3.64. The number of nitrogens with zero attached hydrogens (tertiary/aromatic N) is 1. The summed E-state index contributed by atoms with van der Waals surface area (Å²) in [5.74, 6) is -2.41. The molecule has 1 amide bonds. The summed E-state index contributed by atoms with van der Waals surface area (Å²) in [5.41, 5.74) is 0.965. The van der Waals surface area contributed by atoms with Gasteiger partial charge in [0.25, 0.3) is 5.91 Å². The molecule has 0 saturated heterocycles. The standard InChI is InChI=1S/C14H14FNO3/c1-9-4-6-16(7-5-9)13(17)11-3-2-10(14(18)19)8-12(11)15/h2-4,8H,5-7H2,1H3,(H,18,19). The zero-order valence-electron chi connectivity index (χ0n) is 10.5. The van der Waals surface area contributed by atoms with Crippen LogP contribution in [0.25, 0.3) is 0 Å². The summed E-state index contributed by atoms with van der Waals surface area (Å²) in [6, 6.07) is 3.34. The molecule has 5 heteroatoms. The van der Waals surface area contributed by atoms with Crippen LogP contribution in [-0.2, 0) is 0 Å². The molecule has 1 aromatic carbocycles. The molecule has 1 N–H and O–H groups in total. The molecule has 0 fully saturated rings. The Morgan fingerprint density at radius 2 is 2.11 bits per heavy atom. The van der Waals surface area contributed by atoms with Crippen LogP contribution in [0.3, 0.4) is 0 Å². The summed E-state index contributed by atoms with van der Waals surface area (Å²) >= 11 is 0. The van der Waals surface area contributed by atoms with Crippen molar-refractivity contribution < 1.29 is 19.1 Å². The number of halogens is 1. The number of amides is 1. The van der Waals surface area contributed by atoms with Crippen LogP contribution in [0.1, 0.15) is 34.1 Å². The fourth-order valence-corrected chi connectivity index (χ4v) is 1.95. The summed E-state index contributed by atoms with van der Waals surface area (Å²) in [7, 11) is 0. The van der Waals surface area contributed by atoms with E-state index in [0.29, 0.717) is 13.1 Å². The average Bonchev–Trinajstić information content (AvgIpc) is 2.38. The third kappa shape index (κ3) is 2.81. The molecule has 2 rings (SSSR count). The van der Waals surface area contributed by atoms with Gasteiger partial charge in [0, 0.05) is 13.1 Å². The van der Waals surface area contributed by atoms with Crippen molar-refractivity contribution in [2.45, 2.75) is 13.3 Å². The first-order valence-electron chi connectivity index (χ1n) is 5.97. The number of hydrogen-bond donors (Lipinski definition) is 1. The monoisotopic (exact) mass is 263 g/mol. The second kappa shape index (κ2) is 5.22. The van der Waals surface area contributed by atoms with E-state index in [-0.39, 0.29) is 11.1 Å². The molecule has 19 heavy (non-hydrogen) atoms. The molecule has 0 unspecified atom stereocenters. The number of hydrogen-bond acceptors (Lipinski definition) is 2. The van der Waals surface area contributed by atoms with E-state index in [1.807, 2.05) is 13.0 Å². The molecular formula is C14H14FNO3. The van der Waals surface area contributed by atoms with Crippen molar-refractivity contribution in [3.8, 4) is 0 Å². The van der Waals surface area contributed by atoms with Crippen molar-refractivity contribution in [2.75, 3.05) is 13.1 Å². The minimum atomic E-state index is -1.21. The number of benzene rings is 1. The van der Waals surface area contributed by atoms with E-state index in [9.17, 15) is 14.0 Å². The maximum absolute atomic E-state index is 13.8. The van der Waals surface area contributed by atoms with Crippen molar-refractivity contribution in [1.82, 2.24) is 4.90 Å². The van der Waals surface area contributed by atoms with Crippen molar-refractivity contribution >= 4 is 11.9 Å². The predicted molar refractivity (Wildman–Crippen MR) is 67.6 cm³/mol. The molecule has 4 nitrogen and oxygen atoms in total.